The summed E-state index contributed by atoms with van der Waals surface area (Å²) >= 11 is 11.4. The summed E-state index contributed by atoms with van der Waals surface area (Å²) in [5.41, 5.74) is 0. The number of benzene rings is 1. The summed E-state index contributed by atoms with van der Waals surface area (Å²) in [6, 6.07) is 4.39. The lowest BCUT2D eigenvalue weighted by atomic mass is 10.3. The van der Waals surface area contributed by atoms with Crippen LogP contribution in [0, 0.1) is 0 Å². The average molecular weight is 247 g/mol. The molecule has 78 valence electrons. The normalized spacial score (nSPS) is 9.20. The van der Waals surface area contributed by atoms with Gasteiger partial charge in [-0.25, -0.2) is 9.59 Å². The summed E-state index contributed by atoms with van der Waals surface area (Å²) in [7, 11) is 0. The predicted molar refractivity (Wildman–Crippen MR) is 53.9 cm³/mol. The first-order valence-electron chi connectivity index (χ1n) is 3.66. The van der Waals surface area contributed by atoms with E-state index in [9.17, 15) is 9.59 Å². The maximum atomic E-state index is 10.4. The minimum absolute atomic E-state index is 0.00934. The molecule has 0 atom stereocenters. The van der Waals surface area contributed by atoms with Gasteiger partial charge in [0, 0.05) is 0 Å². The number of carboxylic acid groups (broad SMARTS) is 1. The highest BCUT2D eigenvalue weighted by atomic mass is 35.5. The average Bonchev–Trinajstić information content (AvgIpc) is 2.19. The van der Waals surface area contributed by atoms with Crippen LogP contribution >= 0.6 is 23.2 Å². The summed E-state index contributed by atoms with van der Waals surface area (Å²) in [5.74, 6) is -1.27. The smallest absolute Gasteiger partial charge is 0.383 e. The van der Waals surface area contributed by atoms with Crippen molar-refractivity contribution in [3.8, 4) is 5.75 Å². The van der Waals surface area contributed by atoms with Crippen molar-refractivity contribution >= 4 is 35.1 Å². The molecule has 0 radical (unpaired) electrons. The number of rotatable bonds is 3. The van der Waals surface area contributed by atoms with E-state index in [1.54, 1.807) is 0 Å². The molecular formula is C9H4Cl2O4. The van der Waals surface area contributed by atoms with Crippen LogP contribution in [0.15, 0.2) is 24.0 Å². The fraction of sp³-hybridized carbons (Fsp3) is 0. The molecule has 1 aromatic rings. The lowest BCUT2D eigenvalue weighted by Crippen LogP contribution is -2.08. The van der Waals surface area contributed by atoms with Crippen LogP contribution in [0.3, 0.4) is 0 Å². The van der Waals surface area contributed by atoms with Gasteiger partial charge in [0.05, 0.1) is 5.02 Å². The first-order chi connectivity index (χ1) is 7.06. The number of carbonyl (C=O) groups is 1. The highest BCUT2D eigenvalue weighted by molar-refractivity contribution is 6.42. The molecule has 15 heavy (non-hydrogen) atoms. The van der Waals surface area contributed by atoms with Crippen LogP contribution < -0.4 is 4.74 Å². The molecule has 0 heterocycles. The van der Waals surface area contributed by atoms with Gasteiger partial charge in [0.1, 0.15) is 10.8 Å². The molecule has 1 aromatic carbocycles. The highest BCUT2D eigenvalue weighted by Crippen LogP contribution is 2.32. The molecule has 0 aliphatic carbocycles. The monoisotopic (exact) mass is 246 g/mol. The van der Waals surface area contributed by atoms with Gasteiger partial charge in [0.2, 0.25) is 0 Å². The van der Waals surface area contributed by atoms with Gasteiger partial charge in [-0.1, -0.05) is 29.3 Å². The second-order valence-electron chi connectivity index (χ2n) is 2.39. The van der Waals surface area contributed by atoms with Crippen molar-refractivity contribution in [1.29, 1.82) is 0 Å². The Morgan fingerprint density at radius 2 is 2.07 bits per heavy atom. The summed E-state index contributed by atoms with van der Waals surface area (Å²) in [4.78, 5) is 20.6. The van der Waals surface area contributed by atoms with Crippen LogP contribution in [0.4, 0.5) is 0 Å². The summed E-state index contributed by atoms with van der Waals surface area (Å²) in [6.07, 6.45) is 0. The predicted octanol–water partition coefficient (Wildman–Crippen LogP) is 2.17. The largest absolute Gasteiger partial charge is 0.475 e. The Morgan fingerprint density at radius 3 is 2.60 bits per heavy atom. The third-order valence-corrected chi connectivity index (χ3v) is 2.22. The Hall–Kier alpha value is -1.48. The quantitative estimate of drug-likeness (QED) is 0.505. The Kier molecular flexibility index (Phi) is 3.74. The third kappa shape index (κ3) is 2.73. The minimum atomic E-state index is -1.53. The van der Waals surface area contributed by atoms with Crippen LogP contribution in [0.5, 0.6) is 5.75 Å². The van der Waals surface area contributed by atoms with E-state index in [0.717, 1.165) is 5.94 Å². The maximum absolute atomic E-state index is 10.4. The van der Waals surface area contributed by atoms with Crippen molar-refractivity contribution in [2.75, 3.05) is 0 Å². The Morgan fingerprint density at radius 1 is 1.40 bits per heavy atom. The van der Waals surface area contributed by atoms with Crippen molar-refractivity contribution in [3.05, 3.63) is 34.0 Å². The second-order valence-corrected chi connectivity index (χ2v) is 3.18. The zero-order valence-electron chi connectivity index (χ0n) is 7.16. The molecule has 0 saturated heterocycles. The summed E-state index contributed by atoms with van der Waals surface area (Å²) < 4.78 is 4.71. The Labute approximate surface area is 94.7 Å². The van der Waals surface area contributed by atoms with Crippen LogP contribution in [0.2, 0.25) is 10.0 Å². The first kappa shape index (κ1) is 11.6. The number of carboxylic acids is 1. The molecule has 0 spiro atoms. The van der Waals surface area contributed by atoms with Crippen LogP contribution in [-0.2, 0) is 9.59 Å². The number of aliphatic carboxylic acids is 1. The van der Waals surface area contributed by atoms with E-state index < -0.39 is 11.7 Å². The van der Waals surface area contributed by atoms with Crippen LogP contribution in [0.1, 0.15) is 0 Å². The summed E-state index contributed by atoms with van der Waals surface area (Å²) in [5, 5.41) is 8.73. The third-order valence-electron chi connectivity index (χ3n) is 1.42. The van der Waals surface area contributed by atoms with Gasteiger partial charge in [-0.15, -0.1) is 0 Å². The Bertz CT molecular complexity index is 449. The van der Waals surface area contributed by atoms with E-state index >= 15 is 0 Å². The molecule has 0 fully saturated rings. The van der Waals surface area contributed by atoms with Crippen molar-refractivity contribution in [2.45, 2.75) is 0 Å². The van der Waals surface area contributed by atoms with E-state index in [0.29, 0.717) is 0 Å². The molecule has 0 amide bonds. The highest BCUT2D eigenvalue weighted by Gasteiger charge is 2.14. The van der Waals surface area contributed by atoms with Gasteiger partial charge >= 0.3 is 5.97 Å². The van der Waals surface area contributed by atoms with E-state index in [1.807, 2.05) is 0 Å². The first-order valence-corrected chi connectivity index (χ1v) is 4.42. The molecule has 0 bridgehead atoms. The molecule has 0 aromatic heterocycles. The van der Waals surface area contributed by atoms with Crippen LogP contribution in [0.25, 0.3) is 0 Å². The number of hydrogen-bond acceptors (Lipinski definition) is 3. The van der Waals surface area contributed by atoms with Gasteiger partial charge in [0.25, 0.3) is 5.76 Å². The number of ether oxygens (including phenoxy) is 1. The molecule has 1 rings (SSSR count). The van der Waals surface area contributed by atoms with E-state index in [4.69, 9.17) is 33.0 Å². The van der Waals surface area contributed by atoms with Gasteiger partial charge < -0.3 is 9.84 Å². The van der Waals surface area contributed by atoms with Gasteiger partial charge in [-0.05, 0) is 12.1 Å². The fourth-order valence-electron chi connectivity index (χ4n) is 0.781. The molecule has 0 aliphatic rings. The SMILES string of the molecule is O=C=C(Oc1cccc(Cl)c1Cl)C(=O)O. The topological polar surface area (TPSA) is 63.6 Å². The van der Waals surface area contributed by atoms with Gasteiger partial charge in [0.15, 0.2) is 5.94 Å². The molecule has 6 heteroatoms. The Balaban J connectivity index is 3.05. The maximum Gasteiger partial charge on any atom is 0.383 e. The molecule has 0 saturated carbocycles. The molecule has 0 unspecified atom stereocenters. The van der Waals surface area contributed by atoms with Crippen molar-refractivity contribution in [1.82, 2.24) is 0 Å². The molecular weight excluding hydrogens is 243 g/mol. The number of hydrogen-bond donors (Lipinski definition) is 1. The van der Waals surface area contributed by atoms with Gasteiger partial charge in [-0.3, -0.25) is 0 Å². The molecule has 0 aliphatic heterocycles. The second kappa shape index (κ2) is 4.84. The van der Waals surface area contributed by atoms with Gasteiger partial charge in [-0.2, -0.15) is 0 Å². The molecule has 4 nitrogen and oxygen atoms in total. The van der Waals surface area contributed by atoms with Crippen molar-refractivity contribution in [3.63, 3.8) is 0 Å². The minimum Gasteiger partial charge on any atom is -0.475 e. The fourth-order valence-corrected chi connectivity index (χ4v) is 1.11. The van der Waals surface area contributed by atoms with Crippen LogP contribution in [-0.4, -0.2) is 17.0 Å². The van der Waals surface area contributed by atoms with E-state index in [2.05, 4.69) is 0 Å². The summed E-state index contributed by atoms with van der Waals surface area (Å²) in [6.45, 7) is 0. The lowest BCUT2D eigenvalue weighted by Gasteiger charge is -2.05. The van der Waals surface area contributed by atoms with Crippen molar-refractivity contribution in [2.24, 2.45) is 0 Å². The van der Waals surface area contributed by atoms with E-state index in [-0.39, 0.29) is 15.8 Å². The standard InChI is InChI=1S/C9H4Cl2O4/c10-5-2-1-3-6(8(5)11)15-7(4-12)9(13)14/h1-3H,(H,13,14). The number of halogens is 2. The number of carbonyl (C=O) groups excluding carboxylic acids is 1. The lowest BCUT2D eigenvalue weighted by molar-refractivity contribution is -0.134. The zero-order valence-corrected chi connectivity index (χ0v) is 8.67. The van der Waals surface area contributed by atoms with E-state index in [1.165, 1.54) is 18.2 Å². The molecule has 1 N–H and O–H groups in total. The van der Waals surface area contributed by atoms with Crippen molar-refractivity contribution < 1.29 is 19.4 Å². The zero-order chi connectivity index (χ0) is 11.4.